The van der Waals surface area contributed by atoms with Gasteiger partial charge in [-0.15, -0.1) is 0 Å². The Morgan fingerprint density at radius 3 is 2.67 bits per heavy atom. The van der Waals surface area contributed by atoms with Gasteiger partial charge in [0.1, 0.15) is 17.6 Å². The molecule has 1 N–H and O–H groups in total. The smallest absolute Gasteiger partial charge is 0.375 e. The lowest BCUT2D eigenvalue weighted by molar-refractivity contribution is -0.141. The zero-order valence-corrected chi connectivity index (χ0v) is 13.3. The van der Waals surface area contributed by atoms with E-state index < -0.39 is 11.9 Å². The highest BCUT2D eigenvalue weighted by atomic mass is 19.4. The highest BCUT2D eigenvalue weighted by Gasteiger charge is 2.39. The summed E-state index contributed by atoms with van der Waals surface area (Å²) in [7, 11) is 0. The van der Waals surface area contributed by atoms with Crippen LogP contribution in [0, 0.1) is 11.3 Å². The SMILES string of the molecule is N#Cc1ccc(C(F)(F)F)nc1NC1CCOC2(CCCCC2)C1. The van der Waals surface area contributed by atoms with Crippen LogP contribution in [-0.2, 0) is 10.9 Å². The average Bonchev–Trinajstić information content (AvgIpc) is 2.55. The van der Waals surface area contributed by atoms with Gasteiger partial charge in [0, 0.05) is 12.6 Å². The molecule has 1 saturated heterocycles. The first kappa shape index (κ1) is 17.0. The monoisotopic (exact) mass is 339 g/mol. The van der Waals surface area contributed by atoms with Gasteiger partial charge in [0.25, 0.3) is 0 Å². The van der Waals surface area contributed by atoms with Crippen LogP contribution in [0.5, 0.6) is 0 Å². The summed E-state index contributed by atoms with van der Waals surface area (Å²) in [5.74, 6) is 0.0187. The van der Waals surface area contributed by atoms with Crippen molar-refractivity contribution in [3.05, 3.63) is 23.4 Å². The molecule has 0 bridgehead atoms. The van der Waals surface area contributed by atoms with Gasteiger partial charge in [-0.2, -0.15) is 18.4 Å². The van der Waals surface area contributed by atoms with E-state index in [0.717, 1.165) is 38.2 Å². The molecule has 3 rings (SSSR count). The Morgan fingerprint density at radius 1 is 1.25 bits per heavy atom. The van der Waals surface area contributed by atoms with Crippen LogP contribution < -0.4 is 5.32 Å². The molecule has 1 saturated carbocycles. The molecule has 1 unspecified atom stereocenters. The molecule has 130 valence electrons. The number of anilines is 1. The fourth-order valence-corrected chi connectivity index (χ4v) is 3.71. The summed E-state index contributed by atoms with van der Waals surface area (Å²) in [6, 6.07) is 3.90. The van der Waals surface area contributed by atoms with Gasteiger partial charge in [-0.1, -0.05) is 19.3 Å². The number of halogens is 3. The molecule has 2 aliphatic rings. The second-order valence-corrected chi connectivity index (χ2v) is 6.63. The third-order valence-corrected chi connectivity index (χ3v) is 4.90. The van der Waals surface area contributed by atoms with Crippen molar-refractivity contribution in [2.45, 2.75) is 62.8 Å². The van der Waals surface area contributed by atoms with Crippen LogP contribution >= 0.6 is 0 Å². The molecule has 0 radical (unpaired) electrons. The van der Waals surface area contributed by atoms with Crippen LogP contribution in [0.4, 0.5) is 19.0 Å². The van der Waals surface area contributed by atoms with Crippen molar-refractivity contribution in [1.82, 2.24) is 4.98 Å². The van der Waals surface area contributed by atoms with Crippen molar-refractivity contribution in [1.29, 1.82) is 5.26 Å². The molecule has 4 nitrogen and oxygen atoms in total. The van der Waals surface area contributed by atoms with Crippen molar-refractivity contribution < 1.29 is 17.9 Å². The maximum atomic E-state index is 12.9. The minimum absolute atomic E-state index is 0.0187. The van der Waals surface area contributed by atoms with Crippen LogP contribution in [0.25, 0.3) is 0 Å². The first-order chi connectivity index (χ1) is 11.4. The lowest BCUT2D eigenvalue weighted by Gasteiger charge is -2.43. The van der Waals surface area contributed by atoms with Crippen molar-refractivity contribution in [2.75, 3.05) is 11.9 Å². The van der Waals surface area contributed by atoms with E-state index in [0.29, 0.717) is 13.0 Å². The van der Waals surface area contributed by atoms with Crippen LogP contribution in [-0.4, -0.2) is 23.2 Å². The fraction of sp³-hybridized carbons (Fsp3) is 0.647. The third-order valence-electron chi connectivity index (χ3n) is 4.90. The molecule has 0 amide bonds. The molecule has 1 atom stereocenters. The van der Waals surface area contributed by atoms with Gasteiger partial charge in [-0.3, -0.25) is 0 Å². The lowest BCUT2D eigenvalue weighted by Crippen LogP contribution is -2.45. The van der Waals surface area contributed by atoms with E-state index in [1.807, 2.05) is 6.07 Å². The van der Waals surface area contributed by atoms with E-state index in [-0.39, 0.29) is 23.0 Å². The van der Waals surface area contributed by atoms with Crippen LogP contribution in [0.2, 0.25) is 0 Å². The van der Waals surface area contributed by atoms with E-state index in [4.69, 9.17) is 10.00 Å². The Hall–Kier alpha value is -1.81. The molecule has 2 fully saturated rings. The maximum Gasteiger partial charge on any atom is 0.433 e. The van der Waals surface area contributed by atoms with Gasteiger partial charge in [0.15, 0.2) is 0 Å². The molecule has 7 heteroatoms. The molecule has 1 spiro atoms. The molecular weight excluding hydrogens is 319 g/mol. The van der Waals surface area contributed by atoms with Gasteiger partial charge in [0.2, 0.25) is 0 Å². The number of hydrogen-bond acceptors (Lipinski definition) is 4. The predicted molar refractivity (Wildman–Crippen MR) is 82.4 cm³/mol. The van der Waals surface area contributed by atoms with Gasteiger partial charge in [0.05, 0.1) is 11.2 Å². The van der Waals surface area contributed by atoms with Gasteiger partial charge >= 0.3 is 6.18 Å². The molecule has 1 aromatic heterocycles. The largest absolute Gasteiger partial charge is 0.433 e. The quantitative estimate of drug-likeness (QED) is 0.874. The van der Waals surface area contributed by atoms with Crippen molar-refractivity contribution in [3.63, 3.8) is 0 Å². The second kappa shape index (κ2) is 6.60. The summed E-state index contributed by atoms with van der Waals surface area (Å²) in [4.78, 5) is 3.64. The van der Waals surface area contributed by atoms with Crippen molar-refractivity contribution >= 4 is 5.82 Å². The summed E-state index contributed by atoms with van der Waals surface area (Å²) in [5, 5.41) is 12.2. The topological polar surface area (TPSA) is 57.9 Å². The molecule has 1 aliphatic carbocycles. The summed E-state index contributed by atoms with van der Waals surface area (Å²) in [6.45, 7) is 0.582. The lowest BCUT2D eigenvalue weighted by atomic mass is 9.78. The first-order valence-electron chi connectivity index (χ1n) is 8.31. The van der Waals surface area contributed by atoms with Gasteiger partial charge in [-0.25, -0.2) is 4.98 Å². The molecule has 24 heavy (non-hydrogen) atoms. The number of alkyl halides is 3. The number of nitriles is 1. The highest BCUT2D eigenvalue weighted by molar-refractivity contribution is 5.53. The van der Waals surface area contributed by atoms with Crippen molar-refractivity contribution in [2.24, 2.45) is 0 Å². The predicted octanol–water partition coefficient (Wildman–Crippen LogP) is 4.27. The normalized spacial score (nSPS) is 23.7. The number of nitrogens with one attached hydrogen (secondary N) is 1. The molecule has 2 heterocycles. The van der Waals surface area contributed by atoms with Crippen molar-refractivity contribution in [3.8, 4) is 6.07 Å². The van der Waals surface area contributed by atoms with Gasteiger partial charge in [-0.05, 0) is 37.8 Å². The first-order valence-corrected chi connectivity index (χ1v) is 8.31. The number of rotatable bonds is 2. The van der Waals surface area contributed by atoms with E-state index in [2.05, 4.69) is 10.3 Å². The minimum atomic E-state index is -4.52. The van der Waals surface area contributed by atoms with E-state index in [1.165, 1.54) is 12.5 Å². The van der Waals surface area contributed by atoms with Gasteiger partial charge < -0.3 is 10.1 Å². The van der Waals surface area contributed by atoms with Crippen LogP contribution in [0.15, 0.2) is 12.1 Å². The molecular formula is C17H20F3N3O. The van der Waals surface area contributed by atoms with E-state index >= 15 is 0 Å². The zero-order chi connectivity index (χ0) is 17.2. The number of pyridine rings is 1. The zero-order valence-electron chi connectivity index (χ0n) is 13.3. The molecule has 1 aromatic rings. The minimum Gasteiger partial charge on any atom is -0.375 e. The Balaban J connectivity index is 1.78. The Morgan fingerprint density at radius 2 is 2.00 bits per heavy atom. The highest BCUT2D eigenvalue weighted by Crippen LogP contribution is 2.39. The third kappa shape index (κ3) is 3.64. The average molecular weight is 339 g/mol. The van der Waals surface area contributed by atoms with Crippen LogP contribution in [0.1, 0.15) is 56.2 Å². The second-order valence-electron chi connectivity index (χ2n) is 6.63. The summed E-state index contributed by atoms with van der Waals surface area (Å²) in [6.07, 6.45) is 2.36. The van der Waals surface area contributed by atoms with E-state index in [1.54, 1.807) is 0 Å². The molecule has 0 aromatic carbocycles. The Labute approximate surface area is 139 Å². The van der Waals surface area contributed by atoms with Crippen LogP contribution in [0.3, 0.4) is 0 Å². The van der Waals surface area contributed by atoms with E-state index in [9.17, 15) is 13.2 Å². The maximum absolute atomic E-state index is 12.9. The Bertz CT molecular complexity index is 627. The molecule has 1 aliphatic heterocycles. The number of hydrogen-bond donors (Lipinski definition) is 1. The standard InChI is InChI=1S/C17H20F3N3O/c18-17(19,20)14-5-4-12(11-21)15(23-14)22-13-6-9-24-16(10-13)7-2-1-3-8-16/h4-5,13H,1-3,6-10H2,(H,22,23). The number of nitrogens with zero attached hydrogens (tertiary/aromatic N) is 2. The number of ether oxygens (including phenoxy) is 1. The number of aromatic nitrogens is 1. The summed E-state index contributed by atoms with van der Waals surface area (Å²) >= 11 is 0. The Kier molecular flexibility index (Phi) is 4.68. The summed E-state index contributed by atoms with van der Waals surface area (Å²) < 4.78 is 44.6. The fourth-order valence-electron chi connectivity index (χ4n) is 3.71. The summed E-state index contributed by atoms with van der Waals surface area (Å²) in [5.41, 5.74) is -1.02.